The average Bonchev–Trinajstić information content (AvgIpc) is 2.85. The smallest absolute Gasteiger partial charge is 0.277 e. The summed E-state index contributed by atoms with van der Waals surface area (Å²) in [5.41, 5.74) is 1.28. The van der Waals surface area contributed by atoms with Gasteiger partial charge in [0.1, 0.15) is 5.69 Å². The summed E-state index contributed by atoms with van der Waals surface area (Å²) < 4.78 is 0.388. The van der Waals surface area contributed by atoms with Gasteiger partial charge in [0.05, 0.1) is 5.69 Å². The average molecular weight is 302 g/mol. The van der Waals surface area contributed by atoms with Crippen LogP contribution < -0.4 is 5.32 Å². The highest BCUT2D eigenvalue weighted by molar-refractivity contribution is 7.16. The standard InChI is InChI=1S/C11H12ClN3OS2/c1-5(2)8-7(14-10(12)18-8)9(16)15-11-13-6(3)4-17-11/h4-5H,1-3H3,(H,13,15,16). The molecule has 2 rings (SSSR count). The van der Waals surface area contributed by atoms with Gasteiger partial charge in [-0.25, -0.2) is 9.97 Å². The minimum Gasteiger partial charge on any atom is -0.296 e. The molecule has 0 fully saturated rings. The molecule has 2 aromatic heterocycles. The molecule has 0 unspecified atom stereocenters. The van der Waals surface area contributed by atoms with Crippen molar-refractivity contribution in [1.82, 2.24) is 9.97 Å². The van der Waals surface area contributed by atoms with Gasteiger partial charge in [0, 0.05) is 10.3 Å². The third-order valence-corrected chi connectivity index (χ3v) is 4.54. The van der Waals surface area contributed by atoms with Gasteiger partial charge in [0.15, 0.2) is 9.60 Å². The predicted octanol–water partition coefficient (Wildman–Crippen LogP) is 3.94. The van der Waals surface area contributed by atoms with E-state index < -0.39 is 0 Å². The van der Waals surface area contributed by atoms with Gasteiger partial charge in [-0.2, -0.15) is 0 Å². The van der Waals surface area contributed by atoms with Crippen molar-refractivity contribution in [3.05, 3.63) is 26.1 Å². The van der Waals surface area contributed by atoms with E-state index in [1.807, 2.05) is 26.2 Å². The summed E-state index contributed by atoms with van der Waals surface area (Å²) in [4.78, 5) is 21.3. The van der Waals surface area contributed by atoms with E-state index in [0.717, 1.165) is 10.6 Å². The van der Waals surface area contributed by atoms with E-state index in [2.05, 4.69) is 15.3 Å². The zero-order valence-electron chi connectivity index (χ0n) is 10.2. The van der Waals surface area contributed by atoms with Gasteiger partial charge < -0.3 is 0 Å². The van der Waals surface area contributed by atoms with Gasteiger partial charge >= 0.3 is 0 Å². The van der Waals surface area contributed by atoms with Crippen LogP contribution in [-0.4, -0.2) is 15.9 Å². The van der Waals surface area contributed by atoms with Crippen LogP contribution in [0.25, 0.3) is 0 Å². The molecule has 7 heteroatoms. The van der Waals surface area contributed by atoms with Crippen molar-refractivity contribution in [1.29, 1.82) is 0 Å². The summed E-state index contributed by atoms with van der Waals surface area (Å²) >= 11 is 8.61. The summed E-state index contributed by atoms with van der Waals surface area (Å²) in [6, 6.07) is 0. The Bertz CT molecular complexity index is 577. The molecule has 4 nitrogen and oxygen atoms in total. The van der Waals surface area contributed by atoms with E-state index in [-0.39, 0.29) is 11.8 Å². The van der Waals surface area contributed by atoms with Crippen molar-refractivity contribution >= 4 is 45.3 Å². The van der Waals surface area contributed by atoms with Crippen LogP contribution in [0.15, 0.2) is 5.38 Å². The normalized spacial score (nSPS) is 10.9. The molecular weight excluding hydrogens is 290 g/mol. The van der Waals surface area contributed by atoms with Crippen molar-refractivity contribution in [2.45, 2.75) is 26.7 Å². The summed E-state index contributed by atoms with van der Waals surface area (Å²) in [7, 11) is 0. The van der Waals surface area contributed by atoms with Crippen LogP contribution in [0, 0.1) is 6.92 Å². The molecule has 0 aliphatic carbocycles. The van der Waals surface area contributed by atoms with Gasteiger partial charge in [-0.3, -0.25) is 10.1 Å². The molecule has 1 N–H and O–H groups in total. The fraction of sp³-hybridized carbons (Fsp3) is 0.364. The van der Waals surface area contributed by atoms with E-state index >= 15 is 0 Å². The number of aromatic nitrogens is 2. The van der Waals surface area contributed by atoms with Crippen LogP contribution in [0.2, 0.25) is 4.47 Å². The predicted molar refractivity (Wildman–Crippen MR) is 76.0 cm³/mol. The number of nitrogens with zero attached hydrogens (tertiary/aromatic N) is 2. The molecule has 0 bridgehead atoms. The number of hydrogen-bond acceptors (Lipinski definition) is 5. The zero-order chi connectivity index (χ0) is 13.3. The van der Waals surface area contributed by atoms with Crippen LogP contribution >= 0.6 is 34.3 Å². The van der Waals surface area contributed by atoms with Crippen molar-refractivity contribution < 1.29 is 4.79 Å². The van der Waals surface area contributed by atoms with E-state index in [0.29, 0.717) is 15.3 Å². The molecule has 2 heterocycles. The van der Waals surface area contributed by atoms with Crippen molar-refractivity contribution in [2.24, 2.45) is 0 Å². The van der Waals surface area contributed by atoms with Gasteiger partial charge in [0.25, 0.3) is 5.91 Å². The molecule has 0 atom stereocenters. The van der Waals surface area contributed by atoms with E-state index in [9.17, 15) is 4.79 Å². The molecular formula is C11H12ClN3OS2. The molecule has 2 aromatic rings. The maximum absolute atomic E-state index is 12.1. The Morgan fingerprint density at radius 2 is 2.17 bits per heavy atom. The number of amides is 1. The number of halogens is 1. The first-order chi connectivity index (χ1) is 8.47. The number of nitrogens with one attached hydrogen (secondary N) is 1. The number of anilines is 1. The molecule has 0 aliphatic heterocycles. The van der Waals surface area contributed by atoms with Crippen molar-refractivity contribution in [3.63, 3.8) is 0 Å². The van der Waals surface area contributed by atoms with Crippen molar-refractivity contribution in [3.8, 4) is 0 Å². The minimum absolute atomic E-state index is 0.216. The first-order valence-electron chi connectivity index (χ1n) is 5.37. The lowest BCUT2D eigenvalue weighted by molar-refractivity contribution is 0.102. The topological polar surface area (TPSA) is 54.9 Å². The highest BCUT2D eigenvalue weighted by Crippen LogP contribution is 2.30. The minimum atomic E-state index is -0.254. The maximum atomic E-state index is 12.1. The molecule has 96 valence electrons. The molecule has 1 amide bonds. The summed E-state index contributed by atoms with van der Waals surface area (Å²) in [5, 5.41) is 5.20. The highest BCUT2D eigenvalue weighted by atomic mass is 35.5. The third-order valence-electron chi connectivity index (χ3n) is 2.21. The van der Waals surface area contributed by atoms with Gasteiger partial charge in [-0.05, 0) is 12.8 Å². The van der Waals surface area contributed by atoms with Crippen LogP contribution in [0.3, 0.4) is 0 Å². The Kier molecular flexibility index (Phi) is 3.99. The lowest BCUT2D eigenvalue weighted by Crippen LogP contribution is -2.14. The number of thiazole rings is 2. The largest absolute Gasteiger partial charge is 0.296 e. The Morgan fingerprint density at radius 3 is 2.72 bits per heavy atom. The second kappa shape index (κ2) is 5.34. The second-order valence-corrected chi connectivity index (χ2v) is 6.55. The van der Waals surface area contributed by atoms with Gasteiger partial charge in [0.2, 0.25) is 0 Å². The summed E-state index contributed by atoms with van der Waals surface area (Å²) in [5.74, 6) is -0.0371. The Morgan fingerprint density at radius 1 is 1.44 bits per heavy atom. The fourth-order valence-corrected chi connectivity index (χ4v) is 3.23. The van der Waals surface area contributed by atoms with Crippen molar-refractivity contribution in [2.75, 3.05) is 5.32 Å². The number of rotatable bonds is 3. The summed E-state index contributed by atoms with van der Waals surface area (Å²) in [6.45, 7) is 5.90. The Labute approximate surface area is 118 Å². The monoisotopic (exact) mass is 301 g/mol. The SMILES string of the molecule is Cc1csc(NC(=O)c2nc(Cl)sc2C(C)C)n1. The van der Waals surface area contributed by atoms with E-state index in [4.69, 9.17) is 11.6 Å². The molecule has 0 aromatic carbocycles. The van der Waals surface area contributed by atoms with Crippen LogP contribution in [0.5, 0.6) is 0 Å². The molecule has 18 heavy (non-hydrogen) atoms. The maximum Gasteiger partial charge on any atom is 0.277 e. The third kappa shape index (κ3) is 2.88. The lowest BCUT2D eigenvalue weighted by Gasteiger charge is -2.04. The molecule has 0 saturated carbocycles. The van der Waals surface area contributed by atoms with E-state index in [1.165, 1.54) is 22.7 Å². The highest BCUT2D eigenvalue weighted by Gasteiger charge is 2.20. The molecule has 0 aliphatic rings. The molecule has 0 saturated heterocycles. The Balaban J connectivity index is 2.23. The second-order valence-electron chi connectivity index (χ2n) is 4.08. The number of carbonyl (C=O) groups is 1. The first kappa shape index (κ1) is 13.5. The number of carbonyl (C=O) groups excluding carboxylic acids is 1. The quantitative estimate of drug-likeness (QED) is 0.934. The van der Waals surface area contributed by atoms with E-state index in [1.54, 1.807) is 0 Å². The van der Waals surface area contributed by atoms with Crippen LogP contribution in [0.1, 0.15) is 40.8 Å². The first-order valence-corrected chi connectivity index (χ1v) is 7.44. The van der Waals surface area contributed by atoms with Gasteiger partial charge in [-0.1, -0.05) is 25.4 Å². The number of hydrogen-bond donors (Lipinski definition) is 1. The summed E-state index contributed by atoms with van der Waals surface area (Å²) in [6.07, 6.45) is 0. The fourth-order valence-electron chi connectivity index (χ4n) is 1.43. The molecule has 0 spiro atoms. The van der Waals surface area contributed by atoms with Gasteiger partial charge in [-0.15, -0.1) is 22.7 Å². The van der Waals surface area contributed by atoms with Crippen LogP contribution in [-0.2, 0) is 0 Å². The lowest BCUT2D eigenvalue weighted by atomic mass is 10.1. The zero-order valence-corrected chi connectivity index (χ0v) is 12.5. The Hall–Kier alpha value is -0.980. The molecule has 0 radical (unpaired) electrons. The van der Waals surface area contributed by atoms with Crippen LogP contribution in [0.4, 0.5) is 5.13 Å². The number of aryl methyl sites for hydroxylation is 1.